The van der Waals surface area contributed by atoms with Gasteiger partial charge < -0.3 is 5.32 Å². The van der Waals surface area contributed by atoms with E-state index in [1.165, 1.54) is 11.3 Å². The van der Waals surface area contributed by atoms with Gasteiger partial charge in [-0.15, -0.1) is 11.3 Å². The second kappa shape index (κ2) is 4.89. The van der Waals surface area contributed by atoms with Gasteiger partial charge >= 0.3 is 0 Å². The lowest BCUT2D eigenvalue weighted by atomic mass is 10.1. The predicted molar refractivity (Wildman–Crippen MR) is 69.8 cm³/mol. The molecule has 1 fully saturated rings. The summed E-state index contributed by atoms with van der Waals surface area (Å²) in [5.74, 6) is 2.84. The van der Waals surface area contributed by atoms with Gasteiger partial charge in [0, 0.05) is 11.8 Å². The number of amides is 1. The fourth-order valence-electron chi connectivity index (χ4n) is 1.52. The van der Waals surface area contributed by atoms with Gasteiger partial charge in [-0.2, -0.15) is 11.8 Å². The van der Waals surface area contributed by atoms with E-state index in [0.717, 1.165) is 20.2 Å². The van der Waals surface area contributed by atoms with Gasteiger partial charge in [0.2, 0.25) is 0 Å². The molecule has 1 aliphatic rings. The Kier molecular flexibility index (Phi) is 3.74. The molecule has 0 saturated carbocycles. The third-order valence-electron chi connectivity index (χ3n) is 2.48. The SMILES string of the molecule is CC1CSCC1NC(=O)c1ccc(Br)s1. The van der Waals surface area contributed by atoms with Crippen molar-refractivity contribution < 1.29 is 4.79 Å². The van der Waals surface area contributed by atoms with E-state index in [-0.39, 0.29) is 5.91 Å². The number of rotatable bonds is 2. The molecule has 2 rings (SSSR count). The summed E-state index contributed by atoms with van der Waals surface area (Å²) in [5.41, 5.74) is 0. The maximum Gasteiger partial charge on any atom is 0.261 e. The second-order valence-corrected chi connectivity index (χ2v) is 7.24. The molecule has 5 heteroatoms. The molecule has 2 unspecified atom stereocenters. The van der Waals surface area contributed by atoms with Gasteiger partial charge in [0.1, 0.15) is 0 Å². The number of hydrogen-bond donors (Lipinski definition) is 1. The summed E-state index contributed by atoms with van der Waals surface area (Å²) in [6.07, 6.45) is 0. The van der Waals surface area contributed by atoms with Crippen LogP contribution in [-0.2, 0) is 0 Å². The molecule has 1 N–H and O–H groups in total. The van der Waals surface area contributed by atoms with Crippen LogP contribution in [-0.4, -0.2) is 23.5 Å². The van der Waals surface area contributed by atoms with Crippen LogP contribution >= 0.6 is 39.0 Å². The average molecular weight is 306 g/mol. The Hall–Kier alpha value is -0.0000000000000000833. The molecule has 1 amide bonds. The third kappa shape index (κ3) is 2.77. The van der Waals surface area contributed by atoms with Crippen molar-refractivity contribution in [3.8, 4) is 0 Å². The largest absolute Gasteiger partial charge is 0.347 e. The minimum absolute atomic E-state index is 0.0602. The van der Waals surface area contributed by atoms with Crippen LogP contribution in [0.1, 0.15) is 16.6 Å². The normalized spacial score (nSPS) is 25.5. The fraction of sp³-hybridized carbons (Fsp3) is 0.500. The number of nitrogens with one attached hydrogen (secondary N) is 1. The molecule has 0 aromatic carbocycles. The summed E-state index contributed by atoms with van der Waals surface area (Å²) in [6, 6.07) is 4.10. The highest BCUT2D eigenvalue weighted by atomic mass is 79.9. The fourth-order valence-corrected chi connectivity index (χ4v) is 4.22. The molecule has 0 bridgehead atoms. The standard InChI is InChI=1S/C10H12BrNOS2/c1-6-4-14-5-7(6)12-10(13)8-2-3-9(11)15-8/h2-3,6-7H,4-5H2,1H3,(H,12,13). The van der Waals surface area contributed by atoms with Crippen molar-refractivity contribution >= 4 is 44.9 Å². The number of carbonyl (C=O) groups excluding carboxylic acids is 1. The topological polar surface area (TPSA) is 29.1 Å². The van der Waals surface area contributed by atoms with Gasteiger partial charge in [-0.1, -0.05) is 6.92 Å². The molecule has 2 heterocycles. The van der Waals surface area contributed by atoms with Crippen molar-refractivity contribution in [3.63, 3.8) is 0 Å². The monoisotopic (exact) mass is 305 g/mol. The van der Waals surface area contributed by atoms with Gasteiger partial charge in [0.15, 0.2) is 0 Å². The Morgan fingerprint density at radius 3 is 2.87 bits per heavy atom. The van der Waals surface area contributed by atoms with E-state index in [4.69, 9.17) is 0 Å². The number of carbonyl (C=O) groups is 1. The number of hydrogen-bond acceptors (Lipinski definition) is 3. The number of thiophene rings is 1. The van der Waals surface area contributed by atoms with Crippen molar-refractivity contribution in [3.05, 3.63) is 20.8 Å². The average Bonchev–Trinajstić information content (AvgIpc) is 2.77. The van der Waals surface area contributed by atoms with Crippen molar-refractivity contribution in [2.75, 3.05) is 11.5 Å². The summed E-state index contributed by atoms with van der Waals surface area (Å²) in [5, 5.41) is 3.09. The highest BCUT2D eigenvalue weighted by Gasteiger charge is 2.25. The van der Waals surface area contributed by atoms with E-state index in [1.54, 1.807) is 0 Å². The van der Waals surface area contributed by atoms with Crippen LogP contribution in [0.4, 0.5) is 0 Å². The van der Waals surface area contributed by atoms with Crippen LogP contribution in [0.3, 0.4) is 0 Å². The summed E-state index contributed by atoms with van der Waals surface area (Å²) in [6.45, 7) is 2.19. The Morgan fingerprint density at radius 1 is 1.53 bits per heavy atom. The third-order valence-corrected chi connectivity index (χ3v) is 5.46. The first-order valence-electron chi connectivity index (χ1n) is 4.81. The van der Waals surface area contributed by atoms with Crippen LogP contribution in [0.25, 0.3) is 0 Å². The van der Waals surface area contributed by atoms with E-state index < -0.39 is 0 Å². The first kappa shape index (κ1) is 11.5. The van der Waals surface area contributed by atoms with Crippen LogP contribution < -0.4 is 5.32 Å². The molecule has 2 atom stereocenters. The zero-order chi connectivity index (χ0) is 10.8. The summed E-state index contributed by atoms with van der Waals surface area (Å²) < 4.78 is 1.00. The molecule has 1 saturated heterocycles. The van der Waals surface area contributed by atoms with Crippen LogP contribution in [0.15, 0.2) is 15.9 Å². The second-order valence-electron chi connectivity index (χ2n) is 3.70. The van der Waals surface area contributed by atoms with Crippen molar-refractivity contribution in [1.82, 2.24) is 5.32 Å². The highest BCUT2D eigenvalue weighted by molar-refractivity contribution is 9.11. The molecule has 0 spiro atoms. The lowest BCUT2D eigenvalue weighted by Gasteiger charge is -2.15. The zero-order valence-corrected chi connectivity index (χ0v) is 11.5. The van der Waals surface area contributed by atoms with Gasteiger partial charge in [0.05, 0.1) is 8.66 Å². The number of thioether (sulfide) groups is 1. The Bertz CT molecular complexity index is 366. The van der Waals surface area contributed by atoms with E-state index in [1.807, 2.05) is 23.9 Å². The molecule has 15 heavy (non-hydrogen) atoms. The minimum Gasteiger partial charge on any atom is -0.347 e. The first-order valence-corrected chi connectivity index (χ1v) is 7.57. The Balaban J connectivity index is 1.97. The number of halogens is 1. The summed E-state index contributed by atoms with van der Waals surface area (Å²) >= 11 is 6.75. The van der Waals surface area contributed by atoms with E-state index in [2.05, 4.69) is 28.2 Å². The molecular formula is C10H12BrNOS2. The summed E-state index contributed by atoms with van der Waals surface area (Å²) in [4.78, 5) is 12.6. The lowest BCUT2D eigenvalue weighted by Crippen LogP contribution is -2.38. The lowest BCUT2D eigenvalue weighted by molar-refractivity contribution is 0.0937. The Morgan fingerprint density at radius 2 is 2.33 bits per heavy atom. The molecule has 1 aliphatic heterocycles. The van der Waals surface area contributed by atoms with E-state index in [0.29, 0.717) is 12.0 Å². The molecule has 0 aliphatic carbocycles. The zero-order valence-electron chi connectivity index (χ0n) is 8.33. The van der Waals surface area contributed by atoms with Gasteiger partial charge in [-0.25, -0.2) is 0 Å². The molecule has 1 aromatic rings. The maximum absolute atomic E-state index is 11.8. The minimum atomic E-state index is 0.0602. The van der Waals surface area contributed by atoms with Crippen molar-refractivity contribution in [2.24, 2.45) is 5.92 Å². The van der Waals surface area contributed by atoms with Gasteiger partial charge in [-0.05, 0) is 39.7 Å². The highest BCUT2D eigenvalue weighted by Crippen LogP contribution is 2.25. The van der Waals surface area contributed by atoms with Gasteiger partial charge in [0.25, 0.3) is 5.91 Å². The smallest absolute Gasteiger partial charge is 0.261 e. The summed E-state index contributed by atoms with van der Waals surface area (Å²) in [7, 11) is 0. The predicted octanol–water partition coefficient (Wildman–Crippen LogP) is 2.99. The van der Waals surface area contributed by atoms with E-state index >= 15 is 0 Å². The maximum atomic E-state index is 11.8. The van der Waals surface area contributed by atoms with Crippen molar-refractivity contribution in [2.45, 2.75) is 13.0 Å². The van der Waals surface area contributed by atoms with Crippen molar-refractivity contribution in [1.29, 1.82) is 0 Å². The Labute approximate surface area is 106 Å². The molecular weight excluding hydrogens is 294 g/mol. The van der Waals surface area contributed by atoms with E-state index in [9.17, 15) is 4.79 Å². The van der Waals surface area contributed by atoms with Crippen LogP contribution in [0, 0.1) is 5.92 Å². The quantitative estimate of drug-likeness (QED) is 0.910. The molecule has 0 radical (unpaired) electrons. The molecule has 82 valence electrons. The first-order chi connectivity index (χ1) is 7.16. The molecule has 1 aromatic heterocycles. The molecule has 2 nitrogen and oxygen atoms in total. The van der Waals surface area contributed by atoms with Gasteiger partial charge in [-0.3, -0.25) is 4.79 Å². The van der Waals surface area contributed by atoms with Crippen LogP contribution in [0.5, 0.6) is 0 Å². The van der Waals surface area contributed by atoms with Crippen LogP contribution in [0.2, 0.25) is 0 Å².